The van der Waals surface area contributed by atoms with E-state index in [1.165, 1.54) is 24.3 Å². The second kappa shape index (κ2) is 7.24. The molecule has 0 bridgehead atoms. The maximum Gasteiger partial charge on any atom is 0.251 e. The fourth-order valence-electron chi connectivity index (χ4n) is 2.00. The second-order valence-corrected chi connectivity index (χ2v) is 6.73. The van der Waals surface area contributed by atoms with Crippen LogP contribution in [0.4, 0.5) is 5.69 Å². The monoisotopic (exact) mass is 347 g/mol. The number of primary sulfonamides is 1. The molecule has 0 aliphatic carbocycles. The Morgan fingerprint density at radius 1 is 1.08 bits per heavy atom. The maximum absolute atomic E-state index is 12.0. The Morgan fingerprint density at radius 2 is 1.79 bits per heavy atom. The number of nitrogens with one attached hydrogen (secondary N) is 2. The van der Waals surface area contributed by atoms with E-state index >= 15 is 0 Å². The topological polar surface area (TPSA) is 118 Å². The van der Waals surface area contributed by atoms with Gasteiger partial charge in [-0.3, -0.25) is 9.59 Å². The van der Waals surface area contributed by atoms with Gasteiger partial charge in [-0.1, -0.05) is 23.8 Å². The predicted octanol–water partition coefficient (Wildman–Crippen LogP) is 1.01. The number of nitrogens with two attached hydrogens (primary N) is 1. The highest BCUT2D eigenvalue weighted by molar-refractivity contribution is 7.89. The van der Waals surface area contributed by atoms with Crippen molar-refractivity contribution in [3.8, 4) is 0 Å². The Kier molecular flexibility index (Phi) is 5.32. The van der Waals surface area contributed by atoms with E-state index in [0.717, 1.165) is 5.56 Å². The average Bonchev–Trinajstić information content (AvgIpc) is 2.52. The molecule has 2 aromatic carbocycles. The molecule has 8 heteroatoms. The van der Waals surface area contributed by atoms with Gasteiger partial charge in [-0.05, 0) is 37.3 Å². The maximum atomic E-state index is 12.0. The van der Waals surface area contributed by atoms with Crippen LogP contribution in [0.25, 0.3) is 0 Å². The summed E-state index contributed by atoms with van der Waals surface area (Å²) in [6, 6.07) is 12.5. The van der Waals surface area contributed by atoms with Gasteiger partial charge in [-0.2, -0.15) is 0 Å². The van der Waals surface area contributed by atoms with Gasteiger partial charge in [0.15, 0.2) is 0 Å². The van der Waals surface area contributed by atoms with E-state index in [-0.39, 0.29) is 23.0 Å². The van der Waals surface area contributed by atoms with Gasteiger partial charge >= 0.3 is 0 Å². The zero-order valence-electron chi connectivity index (χ0n) is 12.9. The lowest BCUT2D eigenvalue weighted by atomic mass is 10.1. The van der Waals surface area contributed by atoms with Crippen molar-refractivity contribution < 1.29 is 18.0 Å². The lowest BCUT2D eigenvalue weighted by Crippen LogP contribution is -2.32. The van der Waals surface area contributed by atoms with E-state index in [1.807, 2.05) is 13.0 Å². The van der Waals surface area contributed by atoms with Gasteiger partial charge in [-0.25, -0.2) is 13.6 Å². The molecule has 0 radical (unpaired) electrons. The van der Waals surface area contributed by atoms with E-state index < -0.39 is 15.9 Å². The number of amides is 2. The van der Waals surface area contributed by atoms with Crippen LogP contribution < -0.4 is 15.8 Å². The molecule has 7 nitrogen and oxygen atoms in total. The lowest BCUT2D eigenvalue weighted by Gasteiger charge is -2.08. The molecule has 0 heterocycles. The van der Waals surface area contributed by atoms with Crippen molar-refractivity contribution in [2.45, 2.75) is 11.8 Å². The summed E-state index contributed by atoms with van der Waals surface area (Å²) in [4.78, 5) is 23.7. The third-order valence-corrected chi connectivity index (χ3v) is 4.05. The standard InChI is InChI=1S/C16H17N3O4S/c1-11-4-2-5-12(8-11)16(21)18-10-15(20)19-13-6-3-7-14(9-13)24(17,22)23/h2-9H,10H2,1H3,(H,18,21)(H,19,20)(H2,17,22,23). The third-order valence-electron chi connectivity index (χ3n) is 3.14. The van der Waals surface area contributed by atoms with Crippen LogP contribution in [-0.2, 0) is 14.8 Å². The van der Waals surface area contributed by atoms with Gasteiger partial charge < -0.3 is 10.6 Å². The molecule has 2 amide bonds. The molecule has 0 saturated heterocycles. The van der Waals surface area contributed by atoms with Crippen LogP contribution in [0, 0.1) is 6.92 Å². The Labute approximate surface area is 139 Å². The number of hydrogen-bond donors (Lipinski definition) is 3. The number of anilines is 1. The molecule has 2 rings (SSSR count). The summed E-state index contributed by atoms with van der Waals surface area (Å²) in [5.74, 6) is -0.852. The summed E-state index contributed by atoms with van der Waals surface area (Å²) in [5, 5.41) is 10.0. The van der Waals surface area contributed by atoms with E-state index in [9.17, 15) is 18.0 Å². The molecular formula is C16H17N3O4S. The minimum Gasteiger partial charge on any atom is -0.343 e. The van der Waals surface area contributed by atoms with Crippen molar-refractivity contribution in [1.29, 1.82) is 0 Å². The number of carbonyl (C=O) groups is 2. The number of hydrogen-bond acceptors (Lipinski definition) is 4. The van der Waals surface area contributed by atoms with Crippen molar-refractivity contribution in [2.75, 3.05) is 11.9 Å². The molecular weight excluding hydrogens is 330 g/mol. The first-order valence-electron chi connectivity index (χ1n) is 7.03. The molecule has 0 fully saturated rings. The first-order chi connectivity index (χ1) is 11.3. The fourth-order valence-corrected chi connectivity index (χ4v) is 2.56. The van der Waals surface area contributed by atoms with Crippen LogP contribution in [0.1, 0.15) is 15.9 Å². The van der Waals surface area contributed by atoms with Crippen LogP contribution in [0.3, 0.4) is 0 Å². The Balaban J connectivity index is 1.95. The van der Waals surface area contributed by atoms with Crippen molar-refractivity contribution >= 4 is 27.5 Å². The Bertz CT molecular complexity index is 878. The molecule has 2 aromatic rings. The van der Waals surface area contributed by atoms with Crippen molar-refractivity contribution in [3.05, 3.63) is 59.7 Å². The van der Waals surface area contributed by atoms with Gasteiger partial charge in [0.1, 0.15) is 0 Å². The SMILES string of the molecule is Cc1cccc(C(=O)NCC(=O)Nc2cccc(S(N)(=O)=O)c2)c1. The number of carbonyl (C=O) groups excluding carboxylic acids is 2. The molecule has 0 aliphatic rings. The number of benzene rings is 2. The molecule has 0 aromatic heterocycles. The predicted molar refractivity (Wildman–Crippen MR) is 90.0 cm³/mol. The van der Waals surface area contributed by atoms with E-state index in [2.05, 4.69) is 10.6 Å². The molecule has 126 valence electrons. The fraction of sp³-hybridized carbons (Fsp3) is 0.125. The van der Waals surface area contributed by atoms with Crippen LogP contribution in [0.15, 0.2) is 53.4 Å². The van der Waals surface area contributed by atoms with Crippen molar-refractivity contribution in [3.63, 3.8) is 0 Å². The van der Waals surface area contributed by atoms with Gasteiger partial charge in [0.2, 0.25) is 15.9 Å². The number of aryl methyl sites for hydroxylation is 1. The molecule has 0 unspecified atom stereocenters. The summed E-state index contributed by atoms with van der Waals surface area (Å²) >= 11 is 0. The van der Waals surface area contributed by atoms with Gasteiger partial charge in [0.05, 0.1) is 11.4 Å². The molecule has 0 atom stereocenters. The number of sulfonamides is 1. The normalized spacial score (nSPS) is 10.9. The summed E-state index contributed by atoms with van der Waals surface area (Å²) in [6.45, 7) is 1.62. The van der Waals surface area contributed by atoms with Crippen molar-refractivity contribution in [2.24, 2.45) is 5.14 Å². The zero-order valence-corrected chi connectivity index (χ0v) is 13.8. The smallest absolute Gasteiger partial charge is 0.251 e. The molecule has 0 saturated carbocycles. The summed E-state index contributed by atoms with van der Waals surface area (Å²) in [6.07, 6.45) is 0. The largest absolute Gasteiger partial charge is 0.343 e. The molecule has 0 spiro atoms. The Hall–Kier alpha value is -2.71. The lowest BCUT2D eigenvalue weighted by molar-refractivity contribution is -0.115. The summed E-state index contributed by atoms with van der Waals surface area (Å²) < 4.78 is 22.6. The molecule has 0 aliphatic heterocycles. The highest BCUT2D eigenvalue weighted by atomic mass is 32.2. The van der Waals surface area contributed by atoms with Crippen LogP contribution in [0.5, 0.6) is 0 Å². The highest BCUT2D eigenvalue weighted by Crippen LogP contribution is 2.13. The van der Waals surface area contributed by atoms with Crippen LogP contribution >= 0.6 is 0 Å². The third kappa shape index (κ3) is 4.90. The quantitative estimate of drug-likeness (QED) is 0.748. The van der Waals surface area contributed by atoms with Gasteiger partial charge in [0, 0.05) is 11.3 Å². The first-order valence-corrected chi connectivity index (χ1v) is 8.58. The van der Waals surface area contributed by atoms with E-state index in [0.29, 0.717) is 5.56 Å². The number of rotatable bonds is 5. The zero-order chi connectivity index (χ0) is 17.7. The molecule has 24 heavy (non-hydrogen) atoms. The summed E-state index contributed by atoms with van der Waals surface area (Å²) in [7, 11) is -3.85. The highest BCUT2D eigenvalue weighted by Gasteiger charge is 2.11. The summed E-state index contributed by atoms with van der Waals surface area (Å²) in [5.41, 5.74) is 1.67. The van der Waals surface area contributed by atoms with E-state index in [4.69, 9.17) is 5.14 Å². The second-order valence-electron chi connectivity index (χ2n) is 5.17. The minimum absolute atomic E-state index is 0.107. The van der Waals surface area contributed by atoms with Gasteiger partial charge in [0.25, 0.3) is 5.91 Å². The van der Waals surface area contributed by atoms with Crippen LogP contribution in [-0.4, -0.2) is 26.8 Å². The van der Waals surface area contributed by atoms with E-state index in [1.54, 1.807) is 18.2 Å². The molecule has 4 N–H and O–H groups in total. The average molecular weight is 347 g/mol. The Morgan fingerprint density at radius 3 is 2.46 bits per heavy atom. The van der Waals surface area contributed by atoms with Gasteiger partial charge in [-0.15, -0.1) is 0 Å². The van der Waals surface area contributed by atoms with Crippen LogP contribution in [0.2, 0.25) is 0 Å². The minimum atomic E-state index is -3.85. The first kappa shape index (κ1) is 17.6. The van der Waals surface area contributed by atoms with Crippen molar-refractivity contribution in [1.82, 2.24) is 5.32 Å².